The van der Waals surface area contributed by atoms with Gasteiger partial charge in [-0.2, -0.15) is 0 Å². The Kier molecular flexibility index (Phi) is 7.45. The molecule has 1 aromatic heterocycles. The van der Waals surface area contributed by atoms with Gasteiger partial charge in [0.15, 0.2) is 5.84 Å². The first-order valence-electron chi connectivity index (χ1n) is 19.1. The summed E-state index contributed by atoms with van der Waals surface area (Å²) < 4.78 is 9.28. The van der Waals surface area contributed by atoms with Gasteiger partial charge in [-0.1, -0.05) is 110 Å². The summed E-state index contributed by atoms with van der Waals surface area (Å²) in [4.78, 5) is 10.5. The molecule has 5 unspecified atom stereocenters. The van der Waals surface area contributed by atoms with Gasteiger partial charge in [-0.3, -0.25) is 0 Å². The number of benzene rings is 2. The van der Waals surface area contributed by atoms with Crippen LogP contribution in [0.5, 0.6) is 0 Å². The Hall–Kier alpha value is -5.42. The second kappa shape index (κ2) is 12.4. The molecule has 2 aromatic carbocycles. The van der Waals surface area contributed by atoms with E-state index >= 15 is 0 Å². The normalized spacial score (nSPS) is 28.6. The maximum Gasteiger partial charge on any atom is 0.158 e. The molecule has 1 N–H and O–H groups in total. The van der Waals surface area contributed by atoms with Crippen LogP contribution in [0.25, 0.3) is 28.2 Å². The van der Waals surface area contributed by atoms with Crippen molar-refractivity contribution in [2.75, 3.05) is 0 Å². The predicted octanol–water partition coefficient (Wildman–Crippen LogP) is 10.6. The third kappa shape index (κ3) is 5.28. The molecule has 52 heavy (non-hydrogen) atoms. The summed E-state index contributed by atoms with van der Waals surface area (Å²) in [6, 6.07) is 17.7. The zero-order valence-electron chi connectivity index (χ0n) is 29.9. The van der Waals surface area contributed by atoms with Crippen LogP contribution in [0.15, 0.2) is 148 Å². The van der Waals surface area contributed by atoms with E-state index < -0.39 is 0 Å². The molecule has 2 aliphatic heterocycles. The van der Waals surface area contributed by atoms with E-state index in [4.69, 9.17) is 14.7 Å². The fourth-order valence-electron chi connectivity index (χ4n) is 8.95. The van der Waals surface area contributed by atoms with E-state index in [9.17, 15) is 0 Å². The summed E-state index contributed by atoms with van der Waals surface area (Å²) in [7, 11) is 0. The average molecular weight is 681 g/mol. The van der Waals surface area contributed by atoms with Gasteiger partial charge in [0, 0.05) is 45.8 Å². The molecule has 3 heterocycles. The van der Waals surface area contributed by atoms with E-state index in [1.807, 2.05) is 0 Å². The number of amidine groups is 2. The fourth-order valence-corrected chi connectivity index (χ4v) is 8.95. The van der Waals surface area contributed by atoms with Gasteiger partial charge in [0.25, 0.3) is 0 Å². The van der Waals surface area contributed by atoms with Gasteiger partial charge < -0.3 is 14.6 Å². The molecule has 5 nitrogen and oxygen atoms in total. The van der Waals surface area contributed by atoms with Gasteiger partial charge in [0.05, 0.1) is 10.9 Å². The largest absolute Gasteiger partial charge is 0.489 e. The van der Waals surface area contributed by atoms with Gasteiger partial charge in [0.2, 0.25) is 0 Å². The Balaban J connectivity index is 0.966. The molecule has 0 radical (unpaired) electrons. The molecule has 258 valence electrons. The van der Waals surface area contributed by atoms with Crippen molar-refractivity contribution in [2.24, 2.45) is 27.2 Å². The lowest BCUT2D eigenvalue weighted by molar-refractivity contribution is 0.150. The Bertz CT molecular complexity index is 2350. The lowest BCUT2D eigenvalue weighted by Gasteiger charge is -2.35. The second-order valence-corrected chi connectivity index (χ2v) is 15.5. The molecule has 0 saturated heterocycles. The highest BCUT2D eigenvalue weighted by Crippen LogP contribution is 2.47. The number of ether oxygens (including phenoxy) is 1. The number of nitrogens with one attached hydrogen (secondary N) is 1. The number of aromatic nitrogens is 1. The van der Waals surface area contributed by atoms with Crippen LogP contribution in [-0.4, -0.2) is 22.3 Å². The summed E-state index contributed by atoms with van der Waals surface area (Å²) in [6.07, 6.45) is 35.7. The van der Waals surface area contributed by atoms with E-state index in [1.54, 1.807) is 0 Å². The third-order valence-corrected chi connectivity index (χ3v) is 11.8. The molecule has 10 rings (SSSR count). The van der Waals surface area contributed by atoms with Crippen molar-refractivity contribution in [3.8, 4) is 0 Å². The minimum absolute atomic E-state index is 0.00363. The molecule has 3 aromatic rings. The van der Waals surface area contributed by atoms with Crippen LogP contribution in [-0.2, 0) is 11.2 Å². The number of fused-ring (bicyclic) bond motifs is 5. The molecule has 0 spiro atoms. The highest BCUT2D eigenvalue weighted by atomic mass is 16.5. The number of hydrogen-bond donors (Lipinski definition) is 1. The summed E-state index contributed by atoms with van der Waals surface area (Å²) in [6.45, 7) is 4.54. The van der Waals surface area contributed by atoms with E-state index in [0.717, 1.165) is 67.1 Å². The van der Waals surface area contributed by atoms with Crippen LogP contribution in [0.4, 0.5) is 0 Å². The fraction of sp³-hybridized carbons (Fsp3) is 0.277. The zero-order chi connectivity index (χ0) is 34.8. The van der Waals surface area contributed by atoms with Crippen molar-refractivity contribution in [1.82, 2.24) is 9.88 Å². The van der Waals surface area contributed by atoms with E-state index in [1.165, 1.54) is 44.6 Å². The van der Waals surface area contributed by atoms with Crippen molar-refractivity contribution < 1.29 is 4.74 Å². The molecule has 7 aliphatic rings. The van der Waals surface area contributed by atoms with Crippen molar-refractivity contribution >= 4 is 39.9 Å². The molecule has 0 fully saturated rings. The number of hydrogen-bond acceptors (Lipinski definition) is 4. The summed E-state index contributed by atoms with van der Waals surface area (Å²) in [5.74, 6) is 3.43. The Labute approximate surface area is 306 Å². The molecular weight excluding hydrogens is 637 g/mol. The first kappa shape index (κ1) is 31.3. The highest BCUT2D eigenvalue weighted by molar-refractivity contribution is 6.11. The number of aliphatic imine (C=N–C) groups is 2. The summed E-state index contributed by atoms with van der Waals surface area (Å²) in [5, 5.41) is 5.12. The van der Waals surface area contributed by atoms with Crippen LogP contribution in [0, 0.1) is 17.3 Å². The third-order valence-electron chi connectivity index (χ3n) is 11.8. The van der Waals surface area contributed by atoms with Gasteiger partial charge in [-0.05, 0) is 85.9 Å². The topological polar surface area (TPSA) is 50.9 Å². The van der Waals surface area contributed by atoms with Crippen LogP contribution in [0.1, 0.15) is 74.5 Å². The monoisotopic (exact) mass is 680 g/mol. The number of nitrogens with zero attached hydrogens (tertiary/aromatic N) is 3. The SMILES string of the molecule is CC1C=C(C2=NC(c3ccc(C4=CCCC=C4)cc3)NC(C3(C)C=CC4=C(C3)OC3C=CC(n5c6c(c7ccccc75)C=CCC6)=CC43)=N2)C=CC1. The molecule has 0 bridgehead atoms. The number of rotatable bonds is 5. The minimum Gasteiger partial charge on any atom is -0.489 e. The predicted molar refractivity (Wildman–Crippen MR) is 215 cm³/mol. The quantitative estimate of drug-likeness (QED) is 0.292. The lowest BCUT2D eigenvalue weighted by Crippen LogP contribution is -2.43. The molecular formula is C47H44N4O. The Morgan fingerprint density at radius 3 is 2.62 bits per heavy atom. The summed E-state index contributed by atoms with van der Waals surface area (Å²) >= 11 is 0. The highest BCUT2D eigenvalue weighted by Gasteiger charge is 2.43. The van der Waals surface area contributed by atoms with Crippen molar-refractivity contribution in [1.29, 1.82) is 0 Å². The van der Waals surface area contributed by atoms with Gasteiger partial charge in [-0.15, -0.1) is 0 Å². The van der Waals surface area contributed by atoms with Crippen molar-refractivity contribution in [2.45, 2.75) is 64.6 Å². The zero-order valence-corrected chi connectivity index (χ0v) is 29.9. The maximum atomic E-state index is 6.79. The van der Waals surface area contributed by atoms with Crippen LogP contribution >= 0.6 is 0 Å². The van der Waals surface area contributed by atoms with Crippen LogP contribution in [0.3, 0.4) is 0 Å². The molecule has 5 atom stereocenters. The smallest absolute Gasteiger partial charge is 0.158 e. The van der Waals surface area contributed by atoms with Crippen molar-refractivity contribution in [3.05, 3.63) is 161 Å². The molecule has 0 saturated carbocycles. The Morgan fingerprint density at radius 2 is 1.75 bits per heavy atom. The van der Waals surface area contributed by atoms with Crippen LogP contribution < -0.4 is 5.32 Å². The van der Waals surface area contributed by atoms with Gasteiger partial charge in [-0.25, -0.2) is 9.98 Å². The second-order valence-electron chi connectivity index (χ2n) is 15.5. The molecule has 0 amide bonds. The minimum atomic E-state index is -0.383. The lowest BCUT2D eigenvalue weighted by atomic mass is 9.77. The maximum absolute atomic E-state index is 6.79. The molecule has 5 heteroatoms. The first-order chi connectivity index (χ1) is 25.5. The number of para-hydroxylation sites is 1. The average Bonchev–Trinajstić information content (AvgIpc) is 3.72. The van der Waals surface area contributed by atoms with Gasteiger partial charge in [0.1, 0.15) is 23.9 Å². The van der Waals surface area contributed by atoms with Crippen molar-refractivity contribution in [3.63, 3.8) is 0 Å². The van der Waals surface area contributed by atoms with E-state index in [-0.39, 0.29) is 23.6 Å². The van der Waals surface area contributed by atoms with Crippen LogP contribution in [0.2, 0.25) is 0 Å². The number of allylic oxidation sites excluding steroid dienone is 11. The van der Waals surface area contributed by atoms with E-state index in [0.29, 0.717) is 5.92 Å². The Morgan fingerprint density at radius 1 is 0.885 bits per heavy atom. The van der Waals surface area contributed by atoms with Gasteiger partial charge >= 0.3 is 0 Å². The first-order valence-corrected chi connectivity index (χ1v) is 19.1. The summed E-state index contributed by atoms with van der Waals surface area (Å²) in [5.41, 5.74) is 10.9. The van der Waals surface area contributed by atoms with E-state index in [2.05, 4.69) is 151 Å². The molecule has 5 aliphatic carbocycles. The standard InChI is InChI=1S/C47H44N4O/c1-30-11-10-14-34(27-30)45-48-44(33-21-19-32(20-22-33)31-12-4-3-5-13-31)49-46(50-45)47(2)26-25-38-39-28-35(23-24-42(39)52-43(38)29-47)51-40-17-8-6-15-36(40)37-16-7-9-18-41(37)51/h4,6-8,10,12-17,19-28,30,39,42,44H,3,5,9,11,18,29H2,1-2H3,(H,48,49,50).